The first-order valence-electron chi connectivity index (χ1n) is 8.46. The van der Waals surface area contributed by atoms with Crippen LogP contribution in [0.25, 0.3) is 5.69 Å². The fourth-order valence-electron chi connectivity index (χ4n) is 2.94. The summed E-state index contributed by atoms with van der Waals surface area (Å²) in [6.45, 7) is 2.70. The van der Waals surface area contributed by atoms with E-state index in [0.29, 0.717) is 6.54 Å². The Hall–Kier alpha value is -2.84. The number of aromatic nitrogens is 2. The summed E-state index contributed by atoms with van der Waals surface area (Å²) in [7, 11) is 1.66. The average Bonchev–Trinajstić information content (AvgIpc) is 3.29. The predicted octanol–water partition coefficient (Wildman–Crippen LogP) is 3.14. The van der Waals surface area contributed by atoms with E-state index in [1.165, 1.54) is 0 Å². The van der Waals surface area contributed by atoms with Gasteiger partial charge in [0.1, 0.15) is 10.4 Å². The maximum Gasteiger partial charge on any atom is 0.177 e. The Morgan fingerprint density at radius 1 is 1.11 bits per heavy atom. The first-order valence-corrected chi connectivity index (χ1v) is 9.25. The second-order valence-electron chi connectivity index (χ2n) is 6.14. The van der Waals surface area contributed by atoms with Crippen LogP contribution in [0.15, 0.2) is 64.4 Å². The van der Waals surface area contributed by atoms with Crippen LogP contribution >= 0.6 is 15.9 Å². The summed E-state index contributed by atoms with van der Waals surface area (Å²) in [4.78, 5) is 0. The molecule has 0 bridgehead atoms. The molecule has 2 N–H and O–H groups in total. The van der Waals surface area contributed by atoms with Crippen LogP contribution in [-0.2, 0) is 6.54 Å². The molecule has 0 saturated carbocycles. The van der Waals surface area contributed by atoms with Gasteiger partial charge in [0.05, 0.1) is 31.1 Å². The Kier molecular flexibility index (Phi) is 4.83. The highest BCUT2D eigenvalue weighted by atomic mass is 79.9. The summed E-state index contributed by atoms with van der Waals surface area (Å²) in [6.07, 6.45) is 1.81. The summed E-state index contributed by atoms with van der Waals surface area (Å²) in [5, 5.41) is 10.9. The third-order valence-electron chi connectivity index (χ3n) is 4.40. The van der Waals surface area contributed by atoms with Crippen LogP contribution in [0.2, 0.25) is 0 Å². The van der Waals surface area contributed by atoms with E-state index in [1.807, 2.05) is 58.4 Å². The molecule has 3 aromatic rings. The van der Waals surface area contributed by atoms with Crippen LogP contribution in [0.5, 0.6) is 5.75 Å². The lowest BCUT2D eigenvalue weighted by Gasteiger charge is -2.19. The van der Waals surface area contributed by atoms with Crippen molar-refractivity contribution in [3.8, 4) is 11.4 Å². The average molecular weight is 427 g/mol. The van der Waals surface area contributed by atoms with E-state index in [4.69, 9.17) is 4.74 Å². The van der Waals surface area contributed by atoms with Crippen LogP contribution in [-0.4, -0.2) is 27.7 Å². The zero-order valence-electron chi connectivity index (χ0n) is 15.0. The van der Waals surface area contributed by atoms with Gasteiger partial charge >= 0.3 is 0 Å². The van der Waals surface area contributed by atoms with E-state index in [9.17, 15) is 0 Å². The lowest BCUT2D eigenvalue weighted by atomic mass is 10.2. The van der Waals surface area contributed by atoms with Gasteiger partial charge in [-0.15, -0.1) is 10.6 Å². The minimum atomic E-state index is 0.637. The Morgan fingerprint density at radius 3 is 2.63 bits per heavy atom. The molecule has 0 unspecified atom stereocenters. The lowest BCUT2D eigenvalue weighted by molar-refractivity contribution is 0.288. The Morgan fingerprint density at radius 2 is 1.89 bits per heavy atom. The maximum absolute atomic E-state index is 5.22. The van der Waals surface area contributed by atoms with Crippen LogP contribution in [0, 0.1) is 6.92 Å². The summed E-state index contributed by atoms with van der Waals surface area (Å²) in [5.74, 6) is 1.60. The van der Waals surface area contributed by atoms with Crippen LogP contribution < -0.4 is 15.8 Å². The van der Waals surface area contributed by atoms with Gasteiger partial charge < -0.3 is 4.74 Å². The number of nitrogens with one attached hydrogen (secondary N) is 2. The number of ether oxygens (including phenoxy) is 1. The molecule has 2 heterocycles. The van der Waals surface area contributed by atoms with E-state index in [1.54, 1.807) is 7.11 Å². The molecule has 8 heteroatoms. The number of nitrogens with zero attached hydrogens (tertiary/aromatic N) is 4. The number of hydrazone groups is 1. The molecule has 1 aromatic heterocycles. The first kappa shape index (κ1) is 17.6. The van der Waals surface area contributed by atoms with Crippen molar-refractivity contribution in [3.63, 3.8) is 0 Å². The van der Waals surface area contributed by atoms with Crippen molar-refractivity contribution in [2.75, 3.05) is 7.11 Å². The molecular weight excluding hydrogens is 408 g/mol. The van der Waals surface area contributed by atoms with Crippen molar-refractivity contribution in [2.45, 2.75) is 13.5 Å². The zero-order chi connectivity index (χ0) is 18.8. The van der Waals surface area contributed by atoms with Crippen LogP contribution in [0.3, 0.4) is 0 Å². The van der Waals surface area contributed by atoms with E-state index in [0.717, 1.165) is 38.6 Å². The molecule has 0 fully saturated rings. The molecule has 1 aliphatic rings. The summed E-state index contributed by atoms with van der Waals surface area (Å²) in [6, 6.07) is 16.1. The number of hydrogen-bond donors (Lipinski definition) is 2. The number of benzene rings is 2. The molecule has 1 aliphatic heterocycles. The van der Waals surface area contributed by atoms with E-state index < -0.39 is 0 Å². The number of aryl methyl sites for hydroxylation is 1. The quantitative estimate of drug-likeness (QED) is 0.655. The SMILES string of the molecule is COc1ccc(CN2NNN=C2c2cnn(-c3ccccc3C)c2Br)cc1. The minimum Gasteiger partial charge on any atom is -0.497 e. The number of rotatable bonds is 5. The van der Waals surface area contributed by atoms with Crippen LogP contribution in [0.4, 0.5) is 0 Å². The van der Waals surface area contributed by atoms with Gasteiger partial charge in [0.2, 0.25) is 0 Å². The molecule has 4 rings (SSSR count). The molecule has 0 atom stereocenters. The van der Waals surface area contributed by atoms with Crippen molar-refractivity contribution < 1.29 is 4.74 Å². The second-order valence-corrected chi connectivity index (χ2v) is 6.89. The Bertz CT molecular complexity index is 982. The zero-order valence-corrected chi connectivity index (χ0v) is 16.6. The number of hydrogen-bond acceptors (Lipinski definition) is 6. The Balaban J connectivity index is 1.60. The minimum absolute atomic E-state index is 0.637. The molecule has 7 nitrogen and oxygen atoms in total. The van der Waals surface area contributed by atoms with Crippen molar-refractivity contribution in [1.82, 2.24) is 25.9 Å². The van der Waals surface area contributed by atoms with Crippen LogP contribution in [0.1, 0.15) is 16.7 Å². The number of hydrazine groups is 2. The van der Waals surface area contributed by atoms with Gasteiger partial charge in [-0.25, -0.2) is 10.2 Å². The molecular formula is C19H19BrN6O. The highest BCUT2D eigenvalue weighted by Gasteiger charge is 2.24. The second kappa shape index (κ2) is 7.42. The highest BCUT2D eigenvalue weighted by molar-refractivity contribution is 9.10. The van der Waals surface area contributed by atoms with Crippen molar-refractivity contribution in [3.05, 3.63) is 76.0 Å². The number of methoxy groups -OCH3 is 1. The molecule has 0 aliphatic carbocycles. The summed E-state index contributed by atoms with van der Waals surface area (Å²) >= 11 is 3.68. The number of amidine groups is 1. The molecule has 0 amide bonds. The molecule has 138 valence electrons. The van der Waals surface area contributed by atoms with Gasteiger partial charge in [-0.3, -0.25) is 5.01 Å². The predicted molar refractivity (Wildman–Crippen MR) is 107 cm³/mol. The smallest absolute Gasteiger partial charge is 0.177 e. The lowest BCUT2D eigenvalue weighted by Crippen LogP contribution is -2.40. The third-order valence-corrected chi connectivity index (χ3v) is 5.16. The van der Waals surface area contributed by atoms with E-state index in [-0.39, 0.29) is 0 Å². The molecule has 0 saturated heterocycles. The Labute approximate surface area is 165 Å². The maximum atomic E-state index is 5.22. The van der Waals surface area contributed by atoms with Crippen molar-refractivity contribution >= 4 is 21.8 Å². The topological polar surface area (TPSA) is 66.7 Å². The molecule has 0 spiro atoms. The number of halogens is 1. The monoisotopic (exact) mass is 426 g/mol. The van der Waals surface area contributed by atoms with Gasteiger partial charge in [0, 0.05) is 0 Å². The fraction of sp³-hybridized carbons (Fsp3) is 0.158. The van der Waals surface area contributed by atoms with Gasteiger partial charge in [-0.05, 0) is 52.2 Å². The van der Waals surface area contributed by atoms with Crippen molar-refractivity contribution in [2.24, 2.45) is 5.10 Å². The first-order chi connectivity index (χ1) is 13.2. The number of para-hydroxylation sites is 1. The largest absolute Gasteiger partial charge is 0.497 e. The van der Waals surface area contributed by atoms with Gasteiger partial charge in [0.25, 0.3) is 0 Å². The third kappa shape index (κ3) is 3.41. The molecule has 2 aromatic carbocycles. The van der Waals surface area contributed by atoms with Gasteiger partial charge in [-0.2, -0.15) is 5.10 Å². The summed E-state index contributed by atoms with van der Waals surface area (Å²) in [5.41, 5.74) is 10.1. The molecule has 0 radical (unpaired) electrons. The fourth-order valence-corrected chi connectivity index (χ4v) is 3.50. The van der Waals surface area contributed by atoms with Crippen molar-refractivity contribution in [1.29, 1.82) is 0 Å². The van der Waals surface area contributed by atoms with Gasteiger partial charge in [0.15, 0.2) is 5.84 Å². The van der Waals surface area contributed by atoms with E-state index >= 15 is 0 Å². The normalized spacial score (nSPS) is 13.4. The highest BCUT2D eigenvalue weighted by Crippen LogP contribution is 2.25. The summed E-state index contributed by atoms with van der Waals surface area (Å²) < 4.78 is 7.94. The standard InChI is InChI=1S/C19H19BrN6O/c1-13-5-3-4-6-17(13)26-18(20)16(11-21-26)19-22-23-24-25(19)12-14-7-9-15(27-2)10-8-14/h3-11,23-24H,12H2,1-2H3. The molecule has 27 heavy (non-hydrogen) atoms. The van der Waals surface area contributed by atoms with Gasteiger partial charge in [-0.1, -0.05) is 30.3 Å². The van der Waals surface area contributed by atoms with E-state index in [2.05, 4.69) is 50.2 Å².